The molecule has 0 bridgehead atoms. The molecule has 7 N–H and O–H groups in total. The summed E-state index contributed by atoms with van der Waals surface area (Å²) in [6.45, 7) is -0.958. The Balaban J connectivity index is 3.12. The van der Waals surface area contributed by atoms with E-state index in [4.69, 9.17) is 20.7 Å². The second-order valence-corrected chi connectivity index (χ2v) is 4.95. The Morgan fingerprint density at radius 3 is 2.39 bits per heavy atom. The first-order valence-corrected chi connectivity index (χ1v) is 6.38. The van der Waals surface area contributed by atoms with E-state index in [1.54, 1.807) is 0 Å². The van der Waals surface area contributed by atoms with Crippen LogP contribution in [-0.4, -0.2) is 86.7 Å². The minimum absolute atomic E-state index is 0.958. The Kier molecular flexibility index (Phi) is 6.33. The van der Waals surface area contributed by atoms with Crippen LogP contribution < -0.4 is 5.73 Å². The second kappa shape index (κ2) is 7.42. The van der Waals surface area contributed by atoms with Crippen LogP contribution in [-0.2, 0) is 19.1 Å². The van der Waals surface area contributed by atoms with Crippen LogP contribution in [0.25, 0.3) is 0 Å². The van der Waals surface area contributed by atoms with Gasteiger partial charge in [-0.25, -0.2) is 9.59 Å². The van der Waals surface area contributed by atoms with Crippen molar-refractivity contribution < 1.29 is 53.4 Å². The number of carboxylic acids is 1. The fraction of sp³-hybridized carbons (Fsp3) is 0.818. The number of hydrogen-bond donors (Lipinski definition) is 6. The summed E-state index contributed by atoms with van der Waals surface area (Å²) in [5, 5.41) is 46.8. The van der Waals surface area contributed by atoms with Crippen LogP contribution in [0.3, 0.4) is 0 Å². The smallest absolute Gasteiger partial charge is 0.377 e. The van der Waals surface area contributed by atoms with Gasteiger partial charge in [-0.3, -0.25) is 0 Å². The van der Waals surface area contributed by atoms with E-state index >= 15 is 0 Å². The predicted molar refractivity (Wildman–Crippen MR) is 65.0 cm³/mol. The van der Waals surface area contributed by atoms with Crippen molar-refractivity contribution in [2.24, 2.45) is 5.73 Å². The molecule has 0 aromatic carbocycles. The Hall–Kier alpha value is -1.44. The molecule has 6 atom stereocenters. The summed E-state index contributed by atoms with van der Waals surface area (Å²) in [5.41, 5.74) is 5.52. The summed E-state index contributed by atoms with van der Waals surface area (Å²) < 4.78 is 33.6. The maximum atomic E-state index is 12.3. The minimum atomic E-state index is -3.66. The van der Waals surface area contributed by atoms with E-state index in [0.717, 1.165) is 0 Å². The van der Waals surface area contributed by atoms with Crippen molar-refractivity contribution in [3.63, 3.8) is 0 Å². The molecule has 1 saturated heterocycles. The largest absolute Gasteiger partial charge is 0.476 e. The Bertz CT molecular complexity index is 451. The van der Waals surface area contributed by atoms with Crippen molar-refractivity contribution in [2.45, 2.75) is 49.1 Å². The zero-order valence-corrected chi connectivity index (χ0v) is 11.6. The van der Waals surface area contributed by atoms with Crippen molar-refractivity contribution in [1.82, 2.24) is 0 Å². The molecule has 134 valence electrons. The lowest BCUT2D eigenvalue weighted by atomic mass is 9.89. The van der Waals surface area contributed by atoms with Gasteiger partial charge < -0.3 is 40.7 Å². The molecular weight excluding hydrogens is 328 g/mol. The summed E-state index contributed by atoms with van der Waals surface area (Å²) in [7, 11) is 0. The molecule has 0 spiro atoms. The van der Waals surface area contributed by atoms with Gasteiger partial charge in [0, 0.05) is 0 Å². The topological polar surface area (TPSA) is 180 Å². The molecule has 0 radical (unpaired) electrons. The number of nitrogens with two attached hydrogens (primary N) is 1. The number of hydrogen-bond acceptors (Lipinski definition) is 9. The highest BCUT2D eigenvalue weighted by Gasteiger charge is 2.56. The third-order valence-electron chi connectivity index (χ3n) is 3.32. The lowest BCUT2D eigenvalue weighted by Gasteiger charge is -2.44. The van der Waals surface area contributed by atoms with Crippen molar-refractivity contribution in [3.8, 4) is 0 Å². The maximum absolute atomic E-state index is 12.3. The number of aliphatic carboxylic acids is 1. The van der Waals surface area contributed by atoms with Crippen molar-refractivity contribution in [3.05, 3.63) is 0 Å². The highest BCUT2D eigenvalue weighted by Crippen LogP contribution is 2.33. The van der Waals surface area contributed by atoms with Gasteiger partial charge in [-0.2, -0.15) is 8.78 Å². The van der Waals surface area contributed by atoms with Crippen LogP contribution in [0.15, 0.2) is 0 Å². The summed E-state index contributed by atoms with van der Waals surface area (Å²) in [6.07, 6.45) is -12.0. The first kappa shape index (κ1) is 19.6. The van der Waals surface area contributed by atoms with Gasteiger partial charge in [0.1, 0.15) is 18.3 Å². The maximum Gasteiger partial charge on any atom is 0.377 e. The average Bonchev–Trinajstić information content (AvgIpc) is 2.48. The van der Waals surface area contributed by atoms with Gasteiger partial charge in [-0.05, 0) is 0 Å². The van der Waals surface area contributed by atoms with Crippen molar-refractivity contribution in [1.29, 1.82) is 0 Å². The van der Waals surface area contributed by atoms with Gasteiger partial charge in [0.25, 0.3) is 0 Å². The van der Waals surface area contributed by atoms with E-state index in [1.807, 2.05) is 0 Å². The van der Waals surface area contributed by atoms with E-state index in [1.165, 1.54) is 0 Å². The Morgan fingerprint density at radius 2 is 1.96 bits per heavy atom. The van der Waals surface area contributed by atoms with Crippen molar-refractivity contribution in [2.75, 3.05) is 6.61 Å². The van der Waals surface area contributed by atoms with E-state index in [2.05, 4.69) is 4.74 Å². The molecule has 0 saturated carbocycles. The molecule has 0 aromatic heterocycles. The quantitative estimate of drug-likeness (QED) is 0.268. The van der Waals surface area contributed by atoms with Crippen LogP contribution in [0.2, 0.25) is 0 Å². The van der Waals surface area contributed by atoms with E-state index in [-0.39, 0.29) is 0 Å². The molecule has 1 fully saturated rings. The number of aliphatic hydroxyl groups is 4. The molecule has 1 aliphatic rings. The van der Waals surface area contributed by atoms with E-state index in [0.29, 0.717) is 0 Å². The first-order valence-electron chi connectivity index (χ1n) is 6.38. The molecule has 0 amide bonds. The van der Waals surface area contributed by atoms with Crippen LogP contribution in [0.1, 0.15) is 6.42 Å². The molecule has 1 aliphatic heterocycles. The zero-order valence-electron chi connectivity index (χ0n) is 11.6. The summed E-state index contributed by atoms with van der Waals surface area (Å²) >= 11 is 0. The van der Waals surface area contributed by atoms with Gasteiger partial charge >= 0.3 is 24.2 Å². The number of aliphatic hydroxyl groups excluding tert-OH is 4. The van der Waals surface area contributed by atoms with Gasteiger partial charge in [0.05, 0.1) is 25.2 Å². The predicted octanol–water partition coefficient (Wildman–Crippen LogP) is -3.23. The van der Waals surface area contributed by atoms with Gasteiger partial charge in [0.2, 0.25) is 0 Å². The first-order chi connectivity index (χ1) is 10.6. The fourth-order valence-corrected chi connectivity index (χ4v) is 2.06. The average molecular weight is 345 g/mol. The standard InChI is InChI=1S/C11H17F2NO9/c12-8(13)9(19)23-11(10(20)21)1-3(16)5(14)7(22-11)6(18)4(17)2-15/h3-8,15-18H,1-2,14H2,(H,20,21)/t3-,4+,5+,6+,7+,11+/m0/s1. The molecule has 1 heterocycles. The number of carbonyl (C=O) groups is 2. The minimum Gasteiger partial charge on any atom is -0.476 e. The fourth-order valence-electron chi connectivity index (χ4n) is 2.06. The van der Waals surface area contributed by atoms with Gasteiger partial charge in [-0.15, -0.1) is 0 Å². The van der Waals surface area contributed by atoms with Gasteiger partial charge in [0.15, 0.2) is 0 Å². The Labute approximate surface area is 128 Å². The normalized spacial score (nSPS) is 34.0. The molecule has 0 unspecified atom stereocenters. The number of carboxylic acid groups (broad SMARTS) is 1. The number of halogens is 2. The summed E-state index contributed by atoms with van der Waals surface area (Å²) in [5.74, 6) is -7.26. The SMILES string of the molecule is N[C@H]1[C@H]([C@H](O)[C@H](O)CO)O[C@](OC(=O)C(F)F)(C(=O)O)C[C@@H]1O. The molecule has 0 aromatic rings. The summed E-state index contributed by atoms with van der Waals surface area (Å²) in [4.78, 5) is 22.3. The number of esters is 1. The molecule has 23 heavy (non-hydrogen) atoms. The second-order valence-electron chi connectivity index (χ2n) is 4.95. The molecule has 10 nitrogen and oxygen atoms in total. The molecule has 12 heteroatoms. The van der Waals surface area contributed by atoms with Crippen LogP contribution in [0.4, 0.5) is 8.78 Å². The number of ether oxygens (including phenoxy) is 2. The highest BCUT2D eigenvalue weighted by molar-refractivity contribution is 5.82. The van der Waals surface area contributed by atoms with Gasteiger partial charge in [-0.1, -0.05) is 0 Å². The zero-order chi connectivity index (χ0) is 17.9. The number of rotatable bonds is 6. The van der Waals surface area contributed by atoms with E-state index in [9.17, 15) is 33.7 Å². The van der Waals surface area contributed by atoms with Crippen LogP contribution in [0.5, 0.6) is 0 Å². The lowest BCUT2D eigenvalue weighted by molar-refractivity contribution is -0.302. The number of alkyl halides is 2. The lowest BCUT2D eigenvalue weighted by Crippen LogP contribution is -2.66. The van der Waals surface area contributed by atoms with Crippen LogP contribution in [0, 0.1) is 0 Å². The molecular formula is C11H17F2NO9. The number of carbonyl (C=O) groups excluding carboxylic acids is 1. The summed E-state index contributed by atoms with van der Waals surface area (Å²) in [6, 6.07) is -1.44. The molecule has 0 aliphatic carbocycles. The Morgan fingerprint density at radius 1 is 1.39 bits per heavy atom. The monoisotopic (exact) mass is 345 g/mol. The van der Waals surface area contributed by atoms with Crippen molar-refractivity contribution >= 4 is 11.9 Å². The van der Waals surface area contributed by atoms with E-state index < -0.39 is 67.6 Å². The highest BCUT2D eigenvalue weighted by atomic mass is 19.3. The third kappa shape index (κ3) is 4.10. The third-order valence-corrected chi connectivity index (χ3v) is 3.32. The molecule has 1 rings (SSSR count). The van der Waals surface area contributed by atoms with Crippen LogP contribution >= 0.6 is 0 Å².